The van der Waals surface area contributed by atoms with Crippen LogP contribution in [0.3, 0.4) is 0 Å². The molecule has 7 nitrogen and oxygen atoms in total. The van der Waals surface area contributed by atoms with Crippen molar-refractivity contribution >= 4 is 17.2 Å². The van der Waals surface area contributed by atoms with Gasteiger partial charge in [-0.3, -0.25) is 9.78 Å². The molecule has 1 amide bonds. The molecule has 0 radical (unpaired) electrons. The third-order valence-electron chi connectivity index (χ3n) is 4.33. The Labute approximate surface area is 139 Å². The number of nitrogens with zero attached hydrogens (tertiary/aromatic N) is 5. The molecule has 0 bridgehead atoms. The molecule has 1 saturated heterocycles. The number of piperidine rings is 1. The number of pyridine rings is 2. The number of nitrogens with one attached hydrogen (secondary N) is 1. The lowest BCUT2D eigenvalue weighted by molar-refractivity contribution is 0.0712. The third-order valence-corrected chi connectivity index (χ3v) is 4.33. The van der Waals surface area contributed by atoms with Gasteiger partial charge in [-0.1, -0.05) is 6.07 Å². The zero-order chi connectivity index (χ0) is 16.4. The van der Waals surface area contributed by atoms with Crippen LogP contribution in [-0.2, 0) is 0 Å². The van der Waals surface area contributed by atoms with Crippen LogP contribution in [0.25, 0.3) is 5.65 Å². The minimum atomic E-state index is 0.00797. The van der Waals surface area contributed by atoms with Gasteiger partial charge in [0.05, 0.1) is 5.69 Å². The first-order valence-corrected chi connectivity index (χ1v) is 8.06. The summed E-state index contributed by atoms with van der Waals surface area (Å²) in [7, 11) is 0. The predicted octanol–water partition coefficient (Wildman–Crippen LogP) is 1.84. The first-order chi connectivity index (χ1) is 11.8. The number of aromatic nitrogens is 4. The highest BCUT2D eigenvalue weighted by Gasteiger charge is 2.24. The maximum atomic E-state index is 12.4. The van der Waals surface area contributed by atoms with E-state index in [2.05, 4.69) is 20.4 Å². The molecule has 3 aromatic rings. The summed E-state index contributed by atoms with van der Waals surface area (Å²) in [6, 6.07) is 9.70. The Hall–Kier alpha value is -2.96. The summed E-state index contributed by atoms with van der Waals surface area (Å²) in [4.78, 5) is 22.7. The number of anilines is 1. The van der Waals surface area contributed by atoms with Gasteiger partial charge in [-0.25, -0.2) is 9.50 Å². The van der Waals surface area contributed by atoms with E-state index in [1.165, 1.54) is 0 Å². The molecule has 0 saturated carbocycles. The van der Waals surface area contributed by atoms with Crippen molar-refractivity contribution in [1.29, 1.82) is 0 Å². The van der Waals surface area contributed by atoms with Gasteiger partial charge in [-0.15, -0.1) is 0 Å². The Kier molecular flexibility index (Phi) is 3.82. The number of rotatable bonds is 3. The molecule has 7 heteroatoms. The molecule has 4 rings (SSSR count). The molecule has 0 unspecified atom stereocenters. The fourth-order valence-electron chi connectivity index (χ4n) is 3.06. The maximum Gasteiger partial charge on any atom is 0.272 e. The molecule has 4 heterocycles. The van der Waals surface area contributed by atoms with Crippen molar-refractivity contribution in [3.8, 4) is 0 Å². The molecular weight excluding hydrogens is 304 g/mol. The Balaban J connectivity index is 1.40. The van der Waals surface area contributed by atoms with Gasteiger partial charge in [0.1, 0.15) is 12.0 Å². The summed E-state index contributed by atoms with van der Waals surface area (Å²) >= 11 is 0. The summed E-state index contributed by atoms with van der Waals surface area (Å²) in [6.07, 6.45) is 6.87. The summed E-state index contributed by atoms with van der Waals surface area (Å²) in [5.74, 6) is 0.00797. The second-order valence-electron chi connectivity index (χ2n) is 5.88. The lowest BCUT2D eigenvalue weighted by atomic mass is 10.0. The number of carbonyl (C=O) groups is 1. The van der Waals surface area contributed by atoms with Crippen LogP contribution in [0.1, 0.15) is 23.3 Å². The van der Waals surface area contributed by atoms with E-state index in [4.69, 9.17) is 0 Å². The van der Waals surface area contributed by atoms with Gasteiger partial charge in [0, 0.05) is 31.5 Å². The molecular formula is C17H18N6O. The largest absolute Gasteiger partial charge is 0.379 e. The predicted molar refractivity (Wildman–Crippen MR) is 89.8 cm³/mol. The van der Waals surface area contributed by atoms with Crippen LogP contribution >= 0.6 is 0 Å². The van der Waals surface area contributed by atoms with E-state index in [1.54, 1.807) is 23.1 Å². The van der Waals surface area contributed by atoms with E-state index in [0.717, 1.165) is 37.3 Å². The smallest absolute Gasteiger partial charge is 0.272 e. The van der Waals surface area contributed by atoms with Crippen LogP contribution in [0.4, 0.5) is 5.69 Å². The highest BCUT2D eigenvalue weighted by molar-refractivity contribution is 5.92. The van der Waals surface area contributed by atoms with Crippen molar-refractivity contribution in [1.82, 2.24) is 24.5 Å². The monoisotopic (exact) mass is 322 g/mol. The van der Waals surface area contributed by atoms with E-state index in [0.29, 0.717) is 11.7 Å². The van der Waals surface area contributed by atoms with Crippen molar-refractivity contribution < 1.29 is 4.79 Å². The first-order valence-electron chi connectivity index (χ1n) is 8.06. The summed E-state index contributed by atoms with van der Waals surface area (Å²) < 4.78 is 1.75. The summed E-state index contributed by atoms with van der Waals surface area (Å²) in [5.41, 5.74) is 2.31. The average Bonchev–Trinajstić information content (AvgIpc) is 3.12. The fourth-order valence-corrected chi connectivity index (χ4v) is 3.06. The van der Waals surface area contributed by atoms with Gasteiger partial charge in [-0.2, -0.15) is 5.10 Å². The average molecular weight is 322 g/mol. The lowest BCUT2D eigenvalue weighted by Crippen LogP contribution is -2.42. The van der Waals surface area contributed by atoms with Crippen molar-refractivity contribution in [3.63, 3.8) is 0 Å². The van der Waals surface area contributed by atoms with Crippen molar-refractivity contribution in [2.24, 2.45) is 0 Å². The highest BCUT2D eigenvalue weighted by atomic mass is 16.2. The number of hydrogen-bond donors (Lipinski definition) is 1. The molecule has 3 aromatic heterocycles. The van der Waals surface area contributed by atoms with Crippen molar-refractivity contribution in [3.05, 3.63) is 54.7 Å². The molecule has 1 N–H and O–H groups in total. The molecule has 0 aliphatic carbocycles. The van der Waals surface area contributed by atoms with Gasteiger partial charge in [-0.05, 0) is 37.1 Å². The minimum absolute atomic E-state index is 0.00797. The van der Waals surface area contributed by atoms with E-state index >= 15 is 0 Å². The Morgan fingerprint density at radius 3 is 2.79 bits per heavy atom. The summed E-state index contributed by atoms with van der Waals surface area (Å²) in [5, 5.41) is 7.68. The first kappa shape index (κ1) is 14.6. The van der Waals surface area contributed by atoms with Crippen LogP contribution in [0.15, 0.2) is 49.1 Å². The molecule has 0 atom stereocenters. The van der Waals surface area contributed by atoms with E-state index < -0.39 is 0 Å². The topological polar surface area (TPSA) is 75.4 Å². The molecule has 1 aliphatic heterocycles. The third kappa shape index (κ3) is 2.80. The van der Waals surface area contributed by atoms with Crippen LogP contribution in [0.5, 0.6) is 0 Å². The highest BCUT2D eigenvalue weighted by Crippen LogP contribution is 2.20. The number of amides is 1. The number of fused-ring (bicyclic) bond motifs is 1. The molecule has 1 aliphatic rings. The molecule has 0 aromatic carbocycles. The standard InChI is InChI=1S/C17H18N6O/c24-17(15-4-1-2-8-18-15)22-10-6-13(7-11-22)21-14-5-3-9-23-16(14)19-12-20-23/h1-5,8-9,12-13,21H,6-7,10-11H2. The molecule has 0 spiro atoms. The minimum Gasteiger partial charge on any atom is -0.379 e. The fraction of sp³-hybridized carbons (Fsp3) is 0.294. The second kappa shape index (κ2) is 6.27. The van der Waals surface area contributed by atoms with E-state index in [1.807, 2.05) is 35.4 Å². The van der Waals surface area contributed by atoms with Crippen molar-refractivity contribution in [2.75, 3.05) is 18.4 Å². The zero-order valence-corrected chi connectivity index (χ0v) is 13.2. The van der Waals surface area contributed by atoms with Crippen LogP contribution in [-0.4, -0.2) is 49.5 Å². The Morgan fingerprint density at radius 1 is 1.12 bits per heavy atom. The van der Waals surface area contributed by atoms with Gasteiger partial charge >= 0.3 is 0 Å². The van der Waals surface area contributed by atoms with E-state index in [9.17, 15) is 4.79 Å². The SMILES string of the molecule is O=C(c1ccccn1)N1CCC(Nc2cccn3ncnc23)CC1. The molecule has 122 valence electrons. The second-order valence-corrected chi connectivity index (χ2v) is 5.88. The van der Waals surface area contributed by atoms with Gasteiger partial charge < -0.3 is 10.2 Å². The number of carbonyl (C=O) groups excluding carboxylic acids is 1. The zero-order valence-electron chi connectivity index (χ0n) is 13.2. The molecule has 24 heavy (non-hydrogen) atoms. The van der Waals surface area contributed by atoms with Crippen LogP contribution < -0.4 is 5.32 Å². The Morgan fingerprint density at radius 2 is 2.00 bits per heavy atom. The molecule has 1 fully saturated rings. The van der Waals surface area contributed by atoms with E-state index in [-0.39, 0.29) is 5.91 Å². The Bertz CT molecular complexity index is 838. The normalized spacial score (nSPS) is 15.6. The number of likely N-dealkylation sites (tertiary alicyclic amines) is 1. The van der Waals surface area contributed by atoms with Gasteiger partial charge in [0.2, 0.25) is 0 Å². The van der Waals surface area contributed by atoms with Crippen LogP contribution in [0.2, 0.25) is 0 Å². The summed E-state index contributed by atoms with van der Waals surface area (Å²) in [6.45, 7) is 1.45. The van der Waals surface area contributed by atoms with Crippen molar-refractivity contribution in [2.45, 2.75) is 18.9 Å². The number of hydrogen-bond acceptors (Lipinski definition) is 5. The van der Waals surface area contributed by atoms with Gasteiger partial charge in [0.15, 0.2) is 5.65 Å². The van der Waals surface area contributed by atoms with Crippen LogP contribution in [0, 0.1) is 0 Å². The lowest BCUT2D eigenvalue weighted by Gasteiger charge is -2.32. The maximum absolute atomic E-state index is 12.4. The quantitative estimate of drug-likeness (QED) is 0.796. The van der Waals surface area contributed by atoms with Gasteiger partial charge in [0.25, 0.3) is 5.91 Å².